The maximum Gasteiger partial charge on any atom is 0.407 e. The number of nitrogens with zero attached hydrogens (tertiary/aromatic N) is 3. The van der Waals surface area contributed by atoms with Crippen molar-refractivity contribution in [3.05, 3.63) is 70.7 Å². The fourth-order valence-corrected chi connectivity index (χ4v) is 5.70. The molecule has 0 aliphatic carbocycles. The van der Waals surface area contributed by atoms with Crippen LogP contribution in [0.1, 0.15) is 73.0 Å². The zero-order chi connectivity index (χ0) is 29.1. The van der Waals surface area contributed by atoms with Crippen molar-refractivity contribution in [2.45, 2.75) is 73.0 Å². The summed E-state index contributed by atoms with van der Waals surface area (Å²) in [5.74, 6) is 0.834. The number of carbonyl (C=O) groups is 2. The Morgan fingerprint density at radius 1 is 1.07 bits per heavy atom. The average Bonchev–Trinajstić information content (AvgIpc) is 3.24. The van der Waals surface area contributed by atoms with Crippen LogP contribution in [0.4, 0.5) is 10.5 Å². The number of nitrogens with one attached hydrogen (secondary N) is 2. The number of H-pyrrole nitrogens is 1. The number of para-hydroxylation sites is 1. The number of aromatic nitrogens is 2. The minimum absolute atomic E-state index is 0.0425. The molecule has 2 aliphatic rings. The third kappa shape index (κ3) is 6.99. The second-order valence-electron chi connectivity index (χ2n) is 12.6. The van der Waals surface area contributed by atoms with Crippen LogP contribution in [0.25, 0.3) is 11.3 Å². The predicted octanol–water partition coefficient (Wildman–Crippen LogP) is 6.02. The second-order valence-corrected chi connectivity index (χ2v) is 12.6. The van der Waals surface area contributed by atoms with Gasteiger partial charge in [0.05, 0.1) is 17.1 Å². The Kier molecular flexibility index (Phi) is 8.50. The number of amides is 2. The largest absolute Gasteiger partial charge is 0.446 e. The molecule has 41 heavy (non-hydrogen) atoms. The van der Waals surface area contributed by atoms with Crippen LogP contribution in [0.3, 0.4) is 0 Å². The van der Waals surface area contributed by atoms with Crippen LogP contribution in [0.5, 0.6) is 0 Å². The molecule has 0 unspecified atom stereocenters. The molecule has 5 rings (SSSR count). The summed E-state index contributed by atoms with van der Waals surface area (Å²) in [4.78, 5) is 38.6. The number of rotatable bonds is 6. The Bertz CT molecular complexity index is 1400. The molecule has 8 heteroatoms. The molecule has 0 atom stereocenters. The number of hydrogen-bond acceptors (Lipinski definition) is 5. The first-order valence-corrected chi connectivity index (χ1v) is 14.8. The number of aromatic amines is 1. The van der Waals surface area contributed by atoms with Crippen LogP contribution in [0.15, 0.2) is 42.5 Å². The summed E-state index contributed by atoms with van der Waals surface area (Å²) in [6.45, 7) is 14.7. The summed E-state index contributed by atoms with van der Waals surface area (Å²) in [6, 6.07) is 13.7. The van der Waals surface area contributed by atoms with Crippen molar-refractivity contribution < 1.29 is 14.3 Å². The lowest BCUT2D eigenvalue weighted by molar-refractivity contribution is 0.0479. The van der Waals surface area contributed by atoms with Gasteiger partial charge in [-0.25, -0.2) is 9.78 Å². The van der Waals surface area contributed by atoms with E-state index < -0.39 is 0 Å². The smallest absolute Gasteiger partial charge is 0.407 e. The summed E-state index contributed by atoms with van der Waals surface area (Å²) < 4.78 is 5.72. The molecule has 3 aromatic rings. The quantitative estimate of drug-likeness (QED) is 0.387. The molecular weight excluding hydrogens is 514 g/mol. The van der Waals surface area contributed by atoms with Gasteiger partial charge in [-0.05, 0) is 74.4 Å². The summed E-state index contributed by atoms with van der Waals surface area (Å²) in [7, 11) is 0. The third-order valence-electron chi connectivity index (χ3n) is 8.18. The van der Waals surface area contributed by atoms with E-state index in [1.807, 2.05) is 61.2 Å². The number of hydrogen-bond donors (Lipinski definition) is 2. The van der Waals surface area contributed by atoms with Gasteiger partial charge >= 0.3 is 6.09 Å². The summed E-state index contributed by atoms with van der Waals surface area (Å²) in [5, 5.41) is 2.91. The maximum absolute atomic E-state index is 13.7. The van der Waals surface area contributed by atoms with E-state index in [1.54, 1.807) is 0 Å². The molecule has 2 N–H and O–H groups in total. The number of carbonyl (C=O) groups excluding carboxylic acids is 2. The number of anilines is 1. The highest BCUT2D eigenvalue weighted by Gasteiger charge is 2.27. The summed E-state index contributed by atoms with van der Waals surface area (Å²) in [6.07, 6.45) is 3.16. The van der Waals surface area contributed by atoms with Crippen molar-refractivity contribution in [3.8, 4) is 11.3 Å². The molecule has 2 amide bonds. The van der Waals surface area contributed by atoms with Crippen LogP contribution in [-0.4, -0.2) is 59.2 Å². The Labute approximate surface area is 243 Å². The SMILES string of the molecule is Cc1nc2c([nH]1)-c1ccccc1N(C(=O)c1ccc(CNC(=O)OC3CCN(CCC(C)(C)C)CC3)c(C)c1)CC2. The Hall–Kier alpha value is -3.65. The van der Waals surface area contributed by atoms with Crippen molar-refractivity contribution in [3.63, 3.8) is 0 Å². The molecular formula is C33H43N5O3. The van der Waals surface area contributed by atoms with Gasteiger partial charge in [-0.15, -0.1) is 0 Å². The molecule has 218 valence electrons. The molecule has 3 heterocycles. The lowest BCUT2D eigenvalue weighted by atomic mass is 9.91. The van der Waals surface area contributed by atoms with Crippen molar-refractivity contribution in [2.75, 3.05) is 31.1 Å². The molecule has 8 nitrogen and oxygen atoms in total. The summed E-state index contributed by atoms with van der Waals surface area (Å²) >= 11 is 0. The lowest BCUT2D eigenvalue weighted by Crippen LogP contribution is -2.40. The molecule has 0 saturated carbocycles. The standard InChI is InChI=1S/C33H43N5O3/c1-22-20-24(31(39)38-18-14-28-30(36-23(2)35-28)27-8-6-7-9-29(27)38)10-11-25(22)21-34-32(40)41-26-12-16-37(17-13-26)19-15-33(3,4)5/h6-11,20,26H,12-19,21H2,1-5H3,(H,34,40)(H,35,36). The average molecular weight is 558 g/mol. The number of aryl methyl sites for hydroxylation is 2. The summed E-state index contributed by atoms with van der Waals surface area (Å²) in [5.41, 5.74) is 6.71. The number of fused-ring (bicyclic) bond motifs is 3. The van der Waals surface area contributed by atoms with E-state index >= 15 is 0 Å². The van der Waals surface area contributed by atoms with E-state index in [1.165, 1.54) is 6.42 Å². The number of piperidine rings is 1. The van der Waals surface area contributed by atoms with Crippen molar-refractivity contribution in [1.29, 1.82) is 0 Å². The van der Waals surface area contributed by atoms with Crippen LogP contribution in [-0.2, 0) is 17.7 Å². The minimum atomic E-state index is -0.383. The van der Waals surface area contributed by atoms with Crippen LogP contribution < -0.4 is 10.2 Å². The fraction of sp³-hybridized carbons (Fsp3) is 0.485. The first-order valence-electron chi connectivity index (χ1n) is 14.8. The van der Waals surface area contributed by atoms with Gasteiger partial charge in [-0.1, -0.05) is 45.0 Å². The van der Waals surface area contributed by atoms with E-state index in [0.29, 0.717) is 30.5 Å². The zero-order valence-corrected chi connectivity index (χ0v) is 25.0. The van der Waals surface area contributed by atoms with Gasteiger partial charge < -0.3 is 24.8 Å². The number of imidazole rings is 1. The highest BCUT2D eigenvalue weighted by atomic mass is 16.6. The van der Waals surface area contributed by atoms with Crippen LogP contribution >= 0.6 is 0 Å². The maximum atomic E-state index is 13.7. The van der Waals surface area contributed by atoms with Gasteiger partial charge in [0.25, 0.3) is 5.91 Å². The van der Waals surface area contributed by atoms with E-state index in [9.17, 15) is 9.59 Å². The second kappa shape index (κ2) is 12.1. The lowest BCUT2D eigenvalue weighted by Gasteiger charge is -2.33. The Balaban J connectivity index is 1.16. The molecule has 1 saturated heterocycles. The minimum Gasteiger partial charge on any atom is -0.446 e. The highest BCUT2D eigenvalue weighted by molar-refractivity contribution is 6.08. The Morgan fingerprint density at radius 3 is 2.56 bits per heavy atom. The van der Waals surface area contributed by atoms with E-state index in [2.05, 4.69) is 41.0 Å². The predicted molar refractivity (Wildman–Crippen MR) is 162 cm³/mol. The molecule has 2 aromatic carbocycles. The Morgan fingerprint density at radius 2 is 1.83 bits per heavy atom. The van der Waals surface area contributed by atoms with E-state index in [4.69, 9.17) is 4.74 Å². The van der Waals surface area contributed by atoms with Crippen LogP contribution in [0, 0.1) is 19.3 Å². The van der Waals surface area contributed by atoms with Crippen LogP contribution in [0.2, 0.25) is 0 Å². The normalized spacial score (nSPS) is 16.1. The molecule has 1 aromatic heterocycles. The first-order chi connectivity index (χ1) is 19.6. The van der Waals surface area contributed by atoms with E-state index in [-0.39, 0.29) is 18.1 Å². The fourth-order valence-electron chi connectivity index (χ4n) is 5.70. The topological polar surface area (TPSA) is 90.6 Å². The number of benzene rings is 2. The first kappa shape index (κ1) is 28.9. The van der Waals surface area contributed by atoms with Gasteiger partial charge in [0.2, 0.25) is 0 Å². The number of alkyl carbamates (subject to hydrolysis) is 1. The molecule has 2 aliphatic heterocycles. The van der Waals surface area contributed by atoms with Gasteiger partial charge in [-0.3, -0.25) is 4.79 Å². The van der Waals surface area contributed by atoms with Crippen molar-refractivity contribution in [1.82, 2.24) is 20.2 Å². The number of likely N-dealkylation sites (tertiary alicyclic amines) is 1. The third-order valence-corrected chi connectivity index (χ3v) is 8.18. The molecule has 0 radical (unpaired) electrons. The molecule has 1 fully saturated rings. The highest BCUT2D eigenvalue weighted by Crippen LogP contribution is 2.36. The van der Waals surface area contributed by atoms with Crippen molar-refractivity contribution in [2.24, 2.45) is 5.41 Å². The zero-order valence-electron chi connectivity index (χ0n) is 25.0. The van der Waals surface area contributed by atoms with Gasteiger partial charge in [0, 0.05) is 43.7 Å². The molecule has 0 spiro atoms. The monoisotopic (exact) mass is 557 g/mol. The van der Waals surface area contributed by atoms with Gasteiger partial charge in [-0.2, -0.15) is 0 Å². The van der Waals surface area contributed by atoms with E-state index in [0.717, 1.165) is 72.1 Å². The van der Waals surface area contributed by atoms with Gasteiger partial charge in [0.1, 0.15) is 11.9 Å². The molecule has 0 bridgehead atoms. The number of ether oxygens (including phenoxy) is 1. The van der Waals surface area contributed by atoms with Crippen molar-refractivity contribution >= 4 is 17.7 Å². The van der Waals surface area contributed by atoms with Gasteiger partial charge in [0.15, 0.2) is 0 Å².